The number of hydrogen-bond donors (Lipinski definition) is 2. The second-order valence-electron chi connectivity index (χ2n) is 6.85. The Kier molecular flexibility index (Phi) is 6.13. The van der Waals surface area contributed by atoms with Crippen LogP contribution in [0.3, 0.4) is 0 Å². The smallest absolute Gasteiger partial charge is 0.304 e. The molecule has 0 amide bonds. The van der Waals surface area contributed by atoms with Crippen molar-refractivity contribution in [1.29, 1.82) is 0 Å². The first-order valence-corrected chi connectivity index (χ1v) is 9.59. The van der Waals surface area contributed by atoms with Gasteiger partial charge in [0.05, 0.1) is 19.2 Å². The Bertz CT molecular complexity index is 1030. The van der Waals surface area contributed by atoms with Crippen molar-refractivity contribution >= 4 is 11.8 Å². The van der Waals surface area contributed by atoms with Crippen LogP contribution in [0.4, 0.5) is 0 Å². The first-order chi connectivity index (χ1) is 15.1. The minimum absolute atomic E-state index is 0.0858. The van der Waals surface area contributed by atoms with Gasteiger partial charge < -0.3 is 19.1 Å². The van der Waals surface area contributed by atoms with Gasteiger partial charge in [-0.05, 0) is 29.8 Å². The average Bonchev–Trinajstić information content (AvgIpc) is 3.49. The van der Waals surface area contributed by atoms with Gasteiger partial charge in [-0.3, -0.25) is 4.79 Å². The molecule has 0 aliphatic carbocycles. The van der Waals surface area contributed by atoms with Crippen molar-refractivity contribution in [2.24, 2.45) is 4.99 Å². The molecule has 1 aliphatic heterocycles. The largest absolute Gasteiger partial charge is 0.497 e. The van der Waals surface area contributed by atoms with Gasteiger partial charge in [-0.15, -0.1) is 0 Å². The number of carboxylic acids is 1. The number of hydrogen-bond acceptors (Lipinski definition) is 8. The van der Waals surface area contributed by atoms with E-state index in [4.69, 9.17) is 18.8 Å². The highest BCUT2D eigenvalue weighted by atomic mass is 16.7. The summed E-state index contributed by atoms with van der Waals surface area (Å²) >= 11 is 0. The zero-order valence-corrected chi connectivity index (χ0v) is 16.7. The molecule has 0 spiro atoms. The molecule has 2 N–H and O–H groups in total. The minimum Gasteiger partial charge on any atom is -0.497 e. The predicted octanol–water partition coefficient (Wildman–Crippen LogP) is 3.30. The Hall–Kier alpha value is -3.85. The Morgan fingerprint density at radius 2 is 1.87 bits per heavy atom. The maximum atomic E-state index is 11.2. The van der Waals surface area contributed by atoms with E-state index in [1.54, 1.807) is 25.3 Å². The van der Waals surface area contributed by atoms with Crippen molar-refractivity contribution in [3.8, 4) is 11.5 Å². The molecule has 1 aromatic heterocycles. The molecule has 0 fully saturated rings. The molecule has 4 rings (SSSR count). The van der Waals surface area contributed by atoms with Crippen LogP contribution >= 0.6 is 0 Å². The molecule has 31 heavy (non-hydrogen) atoms. The summed E-state index contributed by atoms with van der Waals surface area (Å²) in [6, 6.07) is 16.3. The van der Waals surface area contributed by atoms with Crippen LogP contribution in [0.5, 0.6) is 11.5 Å². The standard InChI is InChI=1S/C22H21N3O6/c1-28-16-6-4-15(5-7-16)22-23-20(25-31-22)13-29-17-8-2-14(3-9-17)18(12-21(26)27)19-10-11-30-24-19/h2-11,18,22H,12-13H2,1H3,(H,23,25)(H,26,27)/t18-,22?/m0/s1. The number of ether oxygens (including phenoxy) is 2. The second-order valence-corrected chi connectivity index (χ2v) is 6.85. The number of aromatic nitrogens is 1. The minimum atomic E-state index is -0.912. The number of hydroxylamine groups is 1. The number of amidine groups is 1. The Morgan fingerprint density at radius 3 is 2.52 bits per heavy atom. The lowest BCUT2D eigenvalue weighted by atomic mass is 9.92. The SMILES string of the molecule is COc1ccc(C2N=C(COc3ccc([C@H](CC(=O)O)c4ccon4)cc3)NO2)cc1. The molecule has 160 valence electrons. The topological polar surface area (TPSA) is 115 Å². The van der Waals surface area contributed by atoms with Crippen LogP contribution in [0, 0.1) is 0 Å². The molecular formula is C22H21N3O6. The fourth-order valence-electron chi connectivity index (χ4n) is 3.21. The van der Waals surface area contributed by atoms with Gasteiger partial charge in [0.1, 0.15) is 24.4 Å². The number of carbonyl (C=O) groups is 1. The van der Waals surface area contributed by atoms with Crippen molar-refractivity contribution in [2.75, 3.05) is 13.7 Å². The number of carboxylic acid groups (broad SMARTS) is 1. The van der Waals surface area contributed by atoms with E-state index in [0.717, 1.165) is 16.9 Å². The summed E-state index contributed by atoms with van der Waals surface area (Å²) < 4.78 is 15.8. The molecule has 3 aromatic rings. The van der Waals surface area contributed by atoms with Gasteiger partial charge >= 0.3 is 5.97 Å². The van der Waals surface area contributed by atoms with E-state index in [-0.39, 0.29) is 13.0 Å². The van der Waals surface area contributed by atoms with E-state index >= 15 is 0 Å². The Morgan fingerprint density at radius 1 is 1.13 bits per heavy atom. The van der Waals surface area contributed by atoms with Crippen LogP contribution in [0.2, 0.25) is 0 Å². The lowest BCUT2D eigenvalue weighted by Crippen LogP contribution is -2.23. The summed E-state index contributed by atoms with van der Waals surface area (Å²) in [5.41, 5.74) is 5.06. The predicted molar refractivity (Wildman–Crippen MR) is 110 cm³/mol. The van der Waals surface area contributed by atoms with Gasteiger partial charge in [0.25, 0.3) is 0 Å². The van der Waals surface area contributed by atoms with Crippen LogP contribution in [-0.4, -0.2) is 35.8 Å². The molecule has 0 radical (unpaired) electrons. The summed E-state index contributed by atoms with van der Waals surface area (Å²) in [7, 11) is 1.61. The summed E-state index contributed by atoms with van der Waals surface area (Å²) in [6.07, 6.45) is 0.890. The third-order valence-electron chi connectivity index (χ3n) is 4.81. The Labute approximate surface area is 178 Å². The molecule has 9 heteroatoms. The number of rotatable bonds is 9. The summed E-state index contributed by atoms with van der Waals surface area (Å²) in [5.74, 6) is 0.640. The van der Waals surface area contributed by atoms with Crippen LogP contribution in [0.25, 0.3) is 0 Å². The van der Waals surface area contributed by atoms with E-state index in [1.807, 2.05) is 36.4 Å². The van der Waals surface area contributed by atoms with Gasteiger partial charge in [0.15, 0.2) is 5.84 Å². The van der Waals surface area contributed by atoms with Crippen LogP contribution < -0.4 is 15.0 Å². The van der Waals surface area contributed by atoms with E-state index < -0.39 is 18.1 Å². The molecule has 0 bridgehead atoms. The fourth-order valence-corrected chi connectivity index (χ4v) is 3.21. The van der Waals surface area contributed by atoms with Crippen LogP contribution in [-0.2, 0) is 9.63 Å². The van der Waals surface area contributed by atoms with Gasteiger partial charge in [0.2, 0.25) is 6.23 Å². The Balaban J connectivity index is 1.37. The summed E-state index contributed by atoms with van der Waals surface area (Å²) in [6.45, 7) is 0.202. The monoisotopic (exact) mass is 423 g/mol. The zero-order chi connectivity index (χ0) is 21.6. The summed E-state index contributed by atoms with van der Waals surface area (Å²) in [5, 5.41) is 13.1. The third-order valence-corrected chi connectivity index (χ3v) is 4.81. The third kappa shape index (κ3) is 5.01. The van der Waals surface area contributed by atoms with Crippen molar-refractivity contribution < 1.29 is 28.7 Å². The molecule has 2 heterocycles. The van der Waals surface area contributed by atoms with E-state index in [1.165, 1.54) is 6.26 Å². The number of nitrogens with zero attached hydrogens (tertiary/aromatic N) is 2. The van der Waals surface area contributed by atoms with E-state index in [0.29, 0.717) is 17.3 Å². The number of benzene rings is 2. The first-order valence-electron chi connectivity index (χ1n) is 9.59. The molecule has 1 unspecified atom stereocenters. The lowest BCUT2D eigenvalue weighted by molar-refractivity contribution is -0.137. The number of aliphatic imine (C=N–C) groups is 1. The van der Waals surface area contributed by atoms with E-state index in [9.17, 15) is 9.90 Å². The van der Waals surface area contributed by atoms with E-state index in [2.05, 4.69) is 15.6 Å². The molecule has 1 aliphatic rings. The zero-order valence-electron chi connectivity index (χ0n) is 16.7. The van der Waals surface area contributed by atoms with Crippen molar-refractivity contribution in [3.05, 3.63) is 77.7 Å². The first kappa shape index (κ1) is 20.4. The molecule has 9 nitrogen and oxygen atoms in total. The molecule has 2 atom stereocenters. The highest BCUT2D eigenvalue weighted by Crippen LogP contribution is 2.29. The van der Waals surface area contributed by atoms with Crippen molar-refractivity contribution in [3.63, 3.8) is 0 Å². The van der Waals surface area contributed by atoms with Crippen molar-refractivity contribution in [1.82, 2.24) is 10.6 Å². The van der Waals surface area contributed by atoms with Gasteiger partial charge in [-0.1, -0.05) is 29.4 Å². The van der Waals surface area contributed by atoms with Gasteiger partial charge in [-0.25, -0.2) is 15.3 Å². The van der Waals surface area contributed by atoms with Crippen LogP contribution in [0.15, 0.2) is 70.4 Å². The lowest BCUT2D eigenvalue weighted by Gasteiger charge is -2.13. The molecule has 0 saturated heterocycles. The highest BCUT2D eigenvalue weighted by molar-refractivity contribution is 5.83. The van der Waals surface area contributed by atoms with Gasteiger partial charge in [0, 0.05) is 17.5 Å². The highest BCUT2D eigenvalue weighted by Gasteiger charge is 2.22. The maximum absolute atomic E-state index is 11.2. The molecular weight excluding hydrogens is 402 g/mol. The summed E-state index contributed by atoms with van der Waals surface area (Å²) in [4.78, 5) is 21.2. The normalized spacial score (nSPS) is 16.3. The molecule has 0 saturated carbocycles. The number of methoxy groups -OCH3 is 1. The maximum Gasteiger partial charge on any atom is 0.304 e. The average molecular weight is 423 g/mol. The van der Waals surface area contributed by atoms with Crippen LogP contribution in [0.1, 0.15) is 35.4 Å². The van der Waals surface area contributed by atoms with Gasteiger partial charge in [-0.2, -0.15) is 0 Å². The fraction of sp³-hybridized carbons (Fsp3) is 0.227. The quantitative estimate of drug-likeness (QED) is 0.539. The molecule has 2 aromatic carbocycles. The van der Waals surface area contributed by atoms with Crippen molar-refractivity contribution in [2.45, 2.75) is 18.6 Å². The number of nitrogens with one attached hydrogen (secondary N) is 1. The number of aliphatic carboxylic acids is 1. The second kappa shape index (κ2) is 9.31.